The molecule has 5 heteroatoms. The van der Waals surface area contributed by atoms with Gasteiger partial charge < -0.3 is 9.80 Å². The van der Waals surface area contributed by atoms with Gasteiger partial charge >= 0.3 is 0 Å². The number of likely N-dealkylation sites (tertiary alicyclic amines) is 2. The Labute approximate surface area is 142 Å². The molecule has 120 valence electrons. The molecule has 0 spiro atoms. The molecule has 1 aromatic carbocycles. The molecule has 2 aliphatic rings. The summed E-state index contributed by atoms with van der Waals surface area (Å²) < 4.78 is 0. The number of carbonyl (C=O) groups excluding carboxylic acids is 1. The second-order valence-corrected chi connectivity index (χ2v) is 7.13. The first-order valence-corrected chi connectivity index (χ1v) is 8.85. The van der Waals surface area contributed by atoms with Crippen LogP contribution < -0.4 is 0 Å². The summed E-state index contributed by atoms with van der Waals surface area (Å²) in [5.41, 5.74) is 0.936. The van der Waals surface area contributed by atoms with Gasteiger partial charge in [0.05, 0.1) is 16.5 Å². The first kappa shape index (κ1) is 16.1. The monoisotopic (exact) mass is 340 g/mol. The minimum absolute atomic E-state index is 0.208. The number of nitrogens with zero attached hydrogens (tertiary/aromatic N) is 2. The molecule has 2 fully saturated rings. The van der Waals surface area contributed by atoms with Crippen molar-refractivity contribution in [1.29, 1.82) is 0 Å². The van der Waals surface area contributed by atoms with Crippen molar-refractivity contribution in [1.82, 2.24) is 9.80 Å². The highest BCUT2D eigenvalue weighted by molar-refractivity contribution is 6.42. The molecule has 2 heterocycles. The third-order valence-corrected chi connectivity index (χ3v) is 5.44. The van der Waals surface area contributed by atoms with Crippen LogP contribution in [0.15, 0.2) is 18.2 Å². The molecule has 0 saturated carbocycles. The predicted octanol–water partition coefficient (Wildman–Crippen LogP) is 3.62. The number of rotatable bonds is 4. The van der Waals surface area contributed by atoms with Crippen molar-refractivity contribution in [3.63, 3.8) is 0 Å². The molecule has 3 nitrogen and oxygen atoms in total. The molecule has 1 amide bonds. The molecule has 1 atom stereocenters. The highest BCUT2D eigenvalue weighted by Gasteiger charge is 2.30. The van der Waals surface area contributed by atoms with Gasteiger partial charge in [0.15, 0.2) is 0 Å². The van der Waals surface area contributed by atoms with Crippen LogP contribution in [-0.4, -0.2) is 47.9 Å². The lowest BCUT2D eigenvalue weighted by molar-refractivity contribution is -0.131. The van der Waals surface area contributed by atoms with Gasteiger partial charge in [0, 0.05) is 19.1 Å². The van der Waals surface area contributed by atoms with Crippen LogP contribution in [-0.2, 0) is 11.2 Å². The van der Waals surface area contributed by atoms with Crippen molar-refractivity contribution >= 4 is 29.1 Å². The van der Waals surface area contributed by atoms with E-state index in [-0.39, 0.29) is 5.91 Å². The van der Waals surface area contributed by atoms with E-state index >= 15 is 0 Å². The number of halogens is 2. The summed E-state index contributed by atoms with van der Waals surface area (Å²) in [4.78, 5) is 17.2. The zero-order valence-corrected chi connectivity index (χ0v) is 14.2. The Bertz CT molecular complexity index is 543. The van der Waals surface area contributed by atoms with Crippen LogP contribution in [0, 0.1) is 0 Å². The van der Waals surface area contributed by atoms with Crippen LogP contribution >= 0.6 is 23.2 Å². The Hall–Kier alpha value is -0.770. The summed E-state index contributed by atoms with van der Waals surface area (Å²) in [5, 5.41) is 1.05. The van der Waals surface area contributed by atoms with Crippen molar-refractivity contribution in [3.05, 3.63) is 33.8 Å². The third kappa shape index (κ3) is 3.76. The zero-order chi connectivity index (χ0) is 15.5. The molecular formula is C17H22Cl2N2O. The van der Waals surface area contributed by atoms with E-state index in [9.17, 15) is 4.79 Å². The number of hydrogen-bond donors (Lipinski definition) is 0. The smallest absolute Gasteiger partial charge is 0.227 e. The van der Waals surface area contributed by atoms with Crippen LogP contribution in [0.3, 0.4) is 0 Å². The van der Waals surface area contributed by atoms with Crippen molar-refractivity contribution in [2.75, 3.05) is 26.2 Å². The molecule has 2 aliphatic heterocycles. The van der Waals surface area contributed by atoms with Gasteiger partial charge in [-0.1, -0.05) is 29.3 Å². The number of hydrogen-bond acceptors (Lipinski definition) is 2. The van der Waals surface area contributed by atoms with Crippen LogP contribution in [0.1, 0.15) is 31.2 Å². The molecule has 0 N–H and O–H groups in total. The summed E-state index contributed by atoms with van der Waals surface area (Å²) in [6.45, 7) is 4.29. The van der Waals surface area contributed by atoms with Gasteiger partial charge in [-0.05, 0) is 56.5 Å². The van der Waals surface area contributed by atoms with Crippen molar-refractivity contribution < 1.29 is 4.79 Å². The van der Waals surface area contributed by atoms with Crippen LogP contribution in [0.2, 0.25) is 10.0 Å². The Morgan fingerprint density at radius 2 is 1.86 bits per heavy atom. The molecule has 0 aromatic heterocycles. The van der Waals surface area contributed by atoms with E-state index in [0.29, 0.717) is 22.5 Å². The van der Waals surface area contributed by atoms with Gasteiger partial charge in [-0.25, -0.2) is 0 Å². The molecule has 1 aromatic rings. The lowest BCUT2D eigenvalue weighted by Crippen LogP contribution is -2.43. The number of benzene rings is 1. The topological polar surface area (TPSA) is 23.6 Å². The van der Waals surface area contributed by atoms with E-state index in [4.69, 9.17) is 23.2 Å². The van der Waals surface area contributed by atoms with E-state index in [1.54, 1.807) is 12.1 Å². The molecular weight excluding hydrogens is 319 g/mol. The van der Waals surface area contributed by atoms with Crippen LogP contribution in [0.25, 0.3) is 0 Å². The van der Waals surface area contributed by atoms with Gasteiger partial charge in [0.25, 0.3) is 0 Å². The molecule has 0 radical (unpaired) electrons. The first-order chi connectivity index (χ1) is 10.6. The van der Waals surface area contributed by atoms with Gasteiger partial charge in [0.1, 0.15) is 0 Å². The molecule has 0 bridgehead atoms. The number of carbonyl (C=O) groups is 1. The van der Waals surface area contributed by atoms with E-state index in [0.717, 1.165) is 31.5 Å². The second kappa shape index (κ2) is 7.20. The standard InChI is InChI=1S/C17H22Cl2N2O/c18-15-6-5-13(10-16(15)19)11-17(22)21-9-3-4-14(21)12-20-7-1-2-8-20/h5-6,10,14H,1-4,7-9,11-12H2/t14-/m1/s1. The van der Waals surface area contributed by atoms with Gasteiger partial charge in [0.2, 0.25) is 5.91 Å². The fourth-order valence-electron chi connectivity index (χ4n) is 3.54. The molecule has 22 heavy (non-hydrogen) atoms. The maximum Gasteiger partial charge on any atom is 0.227 e. The predicted molar refractivity (Wildman–Crippen MR) is 90.6 cm³/mol. The Morgan fingerprint density at radius 3 is 2.59 bits per heavy atom. The first-order valence-electron chi connectivity index (χ1n) is 8.09. The van der Waals surface area contributed by atoms with Gasteiger partial charge in [-0.3, -0.25) is 4.79 Å². The highest BCUT2D eigenvalue weighted by Crippen LogP contribution is 2.25. The summed E-state index contributed by atoms with van der Waals surface area (Å²) in [7, 11) is 0. The average Bonchev–Trinajstić information content (AvgIpc) is 3.15. The lowest BCUT2D eigenvalue weighted by Gasteiger charge is -2.28. The largest absolute Gasteiger partial charge is 0.338 e. The normalized spacial score (nSPS) is 22.5. The van der Waals surface area contributed by atoms with Crippen LogP contribution in [0.5, 0.6) is 0 Å². The Kier molecular flexibility index (Phi) is 5.27. The fourth-order valence-corrected chi connectivity index (χ4v) is 3.86. The second-order valence-electron chi connectivity index (χ2n) is 6.32. The maximum absolute atomic E-state index is 12.6. The molecule has 0 unspecified atom stereocenters. The Balaban J connectivity index is 1.61. The summed E-state index contributed by atoms with van der Waals surface area (Å²) in [5.74, 6) is 0.208. The highest BCUT2D eigenvalue weighted by atomic mass is 35.5. The van der Waals surface area contributed by atoms with Crippen molar-refractivity contribution in [2.24, 2.45) is 0 Å². The quantitative estimate of drug-likeness (QED) is 0.835. The minimum Gasteiger partial charge on any atom is -0.338 e. The minimum atomic E-state index is 0.208. The third-order valence-electron chi connectivity index (χ3n) is 4.70. The van der Waals surface area contributed by atoms with E-state index < -0.39 is 0 Å². The van der Waals surface area contributed by atoms with Gasteiger partial charge in [-0.2, -0.15) is 0 Å². The summed E-state index contributed by atoms with van der Waals surface area (Å²) in [6, 6.07) is 5.83. The van der Waals surface area contributed by atoms with E-state index in [1.807, 2.05) is 6.07 Å². The summed E-state index contributed by atoms with van der Waals surface area (Å²) >= 11 is 12.0. The average molecular weight is 341 g/mol. The molecule has 2 saturated heterocycles. The Morgan fingerprint density at radius 1 is 1.09 bits per heavy atom. The van der Waals surface area contributed by atoms with Crippen molar-refractivity contribution in [2.45, 2.75) is 38.1 Å². The maximum atomic E-state index is 12.6. The van der Waals surface area contributed by atoms with E-state index in [1.165, 1.54) is 25.9 Å². The fraction of sp³-hybridized carbons (Fsp3) is 0.588. The number of amides is 1. The lowest BCUT2D eigenvalue weighted by atomic mass is 10.1. The summed E-state index contributed by atoms with van der Waals surface area (Å²) in [6.07, 6.45) is 5.25. The SMILES string of the molecule is O=C(Cc1ccc(Cl)c(Cl)c1)N1CCC[C@@H]1CN1CCCC1. The zero-order valence-electron chi connectivity index (χ0n) is 12.7. The van der Waals surface area contributed by atoms with Crippen molar-refractivity contribution in [3.8, 4) is 0 Å². The van der Waals surface area contributed by atoms with Gasteiger partial charge in [-0.15, -0.1) is 0 Å². The molecule has 0 aliphatic carbocycles. The van der Waals surface area contributed by atoms with Crippen LogP contribution in [0.4, 0.5) is 0 Å². The molecule has 3 rings (SSSR count). The van der Waals surface area contributed by atoms with E-state index in [2.05, 4.69) is 9.80 Å².